The van der Waals surface area contributed by atoms with E-state index in [0.717, 1.165) is 18.9 Å². The normalized spacial score (nSPS) is 10.3. The molecule has 0 aromatic carbocycles. The molecule has 14 heavy (non-hydrogen) atoms. The maximum Gasteiger partial charge on any atom is 0.218 e. The van der Waals surface area contributed by atoms with Crippen LogP contribution in [0.25, 0.3) is 0 Å². The van der Waals surface area contributed by atoms with Gasteiger partial charge in [0.2, 0.25) is 5.88 Å². The summed E-state index contributed by atoms with van der Waals surface area (Å²) in [4.78, 5) is 10.1. The third kappa shape index (κ3) is 3.57. The molecule has 0 radical (unpaired) electrons. The van der Waals surface area contributed by atoms with Crippen LogP contribution >= 0.6 is 0 Å². The highest BCUT2D eigenvalue weighted by Crippen LogP contribution is 2.09. The number of nitrogens with zero attached hydrogens (tertiary/aromatic N) is 3. The Morgan fingerprint density at radius 1 is 1.43 bits per heavy atom. The maximum absolute atomic E-state index is 4.98. The first-order chi connectivity index (χ1) is 6.72. The molecule has 0 bridgehead atoms. The summed E-state index contributed by atoms with van der Waals surface area (Å²) in [5, 5.41) is 3.18. The van der Waals surface area contributed by atoms with Crippen LogP contribution in [-0.2, 0) is 0 Å². The average molecular weight is 196 g/mol. The first-order valence-corrected chi connectivity index (χ1v) is 4.47. The summed E-state index contributed by atoms with van der Waals surface area (Å²) in [5.41, 5.74) is 0. The van der Waals surface area contributed by atoms with Crippen LogP contribution in [0.1, 0.15) is 0 Å². The topological polar surface area (TPSA) is 50.3 Å². The monoisotopic (exact) mass is 196 g/mol. The largest absolute Gasteiger partial charge is 0.481 e. The molecule has 0 aliphatic heterocycles. The zero-order valence-corrected chi connectivity index (χ0v) is 8.82. The van der Waals surface area contributed by atoms with E-state index in [4.69, 9.17) is 4.74 Å². The van der Waals surface area contributed by atoms with Crippen LogP contribution in [-0.4, -0.2) is 49.2 Å². The number of hydrogen-bond acceptors (Lipinski definition) is 5. The van der Waals surface area contributed by atoms with Crippen molar-refractivity contribution in [3.8, 4) is 5.88 Å². The number of likely N-dealkylation sites (N-methyl/N-ethyl adjacent to an activating group) is 1. The van der Waals surface area contributed by atoms with Crippen LogP contribution in [0.3, 0.4) is 0 Å². The van der Waals surface area contributed by atoms with E-state index < -0.39 is 0 Å². The molecule has 0 amide bonds. The molecule has 0 spiro atoms. The molecule has 0 aliphatic rings. The van der Waals surface area contributed by atoms with E-state index in [1.807, 2.05) is 14.1 Å². The van der Waals surface area contributed by atoms with Crippen LogP contribution in [0.2, 0.25) is 0 Å². The Balaban J connectivity index is 2.42. The lowest BCUT2D eigenvalue weighted by atomic mass is 10.5. The molecule has 0 aliphatic carbocycles. The number of anilines is 1. The minimum absolute atomic E-state index is 0.576. The van der Waals surface area contributed by atoms with Crippen molar-refractivity contribution in [3.05, 3.63) is 12.4 Å². The minimum Gasteiger partial charge on any atom is -0.481 e. The second-order valence-electron chi connectivity index (χ2n) is 3.18. The van der Waals surface area contributed by atoms with Gasteiger partial charge in [-0.05, 0) is 14.1 Å². The molecule has 1 heterocycles. The van der Waals surface area contributed by atoms with Gasteiger partial charge in [0.15, 0.2) is 0 Å². The third-order valence-electron chi connectivity index (χ3n) is 1.72. The predicted molar refractivity (Wildman–Crippen MR) is 55.6 cm³/mol. The van der Waals surface area contributed by atoms with E-state index in [1.54, 1.807) is 13.2 Å². The molecule has 78 valence electrons. The number of nitrogens with one attached hydrogen (secondary N) is 1. The molecule has 5 heteroatoms. The Labute approximate surface area is 84.1 Å². The fourth-order valence-corrected chi connectivity index (χ4v) is 0.955. The van der Waals surface area contributed by atoms with Gasteiger partial charge in [0.05, 0.1) is 7.11 Å². The van der Waals surface area contributed by atoms with Crippen LogP contribution in [0.5, 0.6) is 5.88 Å². The van der Waals surface area contributed by atoms with Gasteiger partial charge in [-0.2, -0.15) is 0 Å². The number of methoxy groups -OCH3 is 1. The smallest absolute Gasteiger partial charge is 0.218 e. The molecule has 1 N–H and O–H groups in total. The molecule has 0 atom stereocenters. The second-order valence-corrected chi connectivity index (χ2v) is 3.18. The lowest BCUT2D eigenvalue weighted by Gasteiger charge is -2.10. The maximum atomic E-state index is 4.98. The summed E-state index contributed by atoms with van der Waals surface area (Å²) in [5.74, 6) is 1.37. The quantitative estimate of drug-likeness (QED) is 0.741. The van der Waals surface area contributed by atoms with Gasteiger partial charge in [-0.3, -0.25) is 0 Å². The summed E-state index contributed by atoms with van der Waals surface area (Å²) >= 11 is 0. The van der Waals surface area contributed by atoms with Crippen molar-refractivity contribution in [1.29, 1.82) is 0 Å². The zero-order valence-electron chi connectivity index (χ0n) is 8.82. The highest BCUT2D eigenvalue weighted by molar-refractivity contribution is 5.36. The molecule has 5 nitrogen and oxygen atoms in total. The highest BCUT2D eigenvalue weighted by Gasteiger charge is 1.97. The summed E-state index contributed by atoms with van der Waals surface area (Å²) in [6.45, 7) is 1.82. The Kier molecular flexibility index (Phi) is 4.12. The fraction of sp³-hybridized carbons (Fsp3) is 0.556. The highest BCUT2D eigenvalue weighted by atomic mass is 16.5. The number of hydrogen-bond donors (Lipinski definition) is 1. The Hall–Kier alpha value is -1.36. The van der Waals surface area contributed by atoms with Crippen molar-refractivity contribution in [3.63, 3.8) is 0 Å². The molecular formula is C9H16N4O. The summed E-state index contributed by atoms with van der Waals surface area (Å²) in [6.07, 6.45) is 1.48. The fourth-order valence-electron chi connectivity index (χ4n) is 0.955. The van der Waals surface area contributed by atoms with Crippen molar-refractivity contribution < 1.29 is 4.74 Å². The summed E-state index contributed by atoms with van der Waals surface area (Å²) in [7, 11) is 5.65. The molecule has 0 unspecified atom stereocenters. The van der Waals surface area contributed by atoms with E-state index in [-0.39, 0.29) is 0 Å². The van der Waals surface area contributed by atoms with Gasteiger partial charge in [-0.15, -0.1) is 0 Å². The van der Waals surface area contributed by atoms with Crippen molar-refractivity contribution in [2.45, 2.75) is 0 Å². The first-order valence-electron chi connectivity index (χ1n) is 4.47. The van der Waals surface area contributed by atoms with Crippen molar-refractivity contribution in [2.24, 2.45) is 0 Å². The molecule has 0 saturated heterocycles. The molecule has 0 saturated carbocycles. The van der Waals surface area contributed by atoms with E-state index in [9.17, 15) is 0 Å². The standard InChI is InChI=1S/C9H16N4O/c1-13(2)5-4-10-8-6-9(14-3)12-7-11-8/h6-7H,4-5H2,1-3H3,(H,10,11,12). The average Bonchev–Trinajstić information content (AvgIpc) is 2.18. The lowest BCUT2D eigenvalue weighted by molar-refractivity contribution is 0.397. The molecule has 1 aromatic rings. The van der Waals surface area contributed by atoms with Gasteiger partial charge in [0, 0.05) is 19.2 Å². The zero-order chi connectivity index (χ0) is 10.4. The van der Waals surface area contributed by atoms with E-state index in [0.29, 0.717) is 5.88 Å². The third-order valence-corrected chi connectivity index (χ3v) is 1.72. The second kappa shape index (κ2) is 5.39. The molecule has 1 rings (SSSR count). The van der Waals surface area contributed by atoms with Gasteiger partial charge >= 0.3 is 0 Å². The first kappa shape index (κ1) is 10.7. The number of rotatable bonds is 5. The van der Waals surface area contributed by atoms with Crippen LogP contribution in [0.15, 0.2) is 12.4 Å². The van der Waals surface area contributed by atoms with Crippen molar-refractivity contribution >= 4 is 5.82 Å². The Morgan fingerprint density at radius 3 is 2.86 bits per heavy atom. The van der Waals surface area contributed by atoms with Gasteiger partial charge in [-0.1, -0.05) is 0 Å². The number of ether oxygens (including phenoxy) is 1. The van der Waals surface area contributed by atoms with E-state index in [1.165, 1.54) is 6.33 Å². The Morgan fingerprint density at radius 2 is 2.21 bits per heavy atom. The van der Waals surface area contributed by atoms with Gasteiger partial charge in [0.25, 0.3) is 0 Å². The minimum atomic E-state index is 0.576. The lowest BCUT2D eigenvalue weighted by Crippen LogP contribution is -2.21. The van der Waals surface area contributed by atoms with E-state index in [2.05, 4.69) is 20.2 Å². The summed E-state index contributed by atoms with van der Waals surface area (Å²) < 4.78 is 4.98. The SMILES string of the molecule is COc1cc(NCCN(C)C)ncn1. The van der Waals surface area contributed by atoms with Crippen molar-refractivity contribution in [1.82, 2.24) is 14.9 Å². The predicted octanol–water partition coefficient (Wildman–Crippen LogP) is 0.459. The van der Waals surface area contributed by atoms with Crippen LogP contribution in [0.4, 0.5) is 5.82 Å². The van der Waals surface area contributed by atoms with E-state index >= 15 is 0 Å². The van der Waals surface area contributed by atoms with Gasteiger partial charge in [0.1, 0.15) is 12.1 Å². The van der Waals surface area contributed by atoms with Crippen LogP contribution < -0.4 is 10.1 Å². The summed E-state index contributed by atoms with van der Waals surface area (Å²) in [6, 6.07) is 1.77. The van der Waals surface area contributed by atoms with Gasteiger partial charge < -0.3 is 15.0 Å². The number of aromatic nitrogens is 2. The molecule has 0 fully saturated rings. The molecule has 1 aromatic heterocycles. The molecular weight excluding hydrogens is 180 g/mol. The van der Waals surface area contributed by atoms with Crippen LogP contribution in [0, 0.1) is 0 Å². The van der Waals surface area contributed by atoms with Crippen molar-refractivity contribution in [2.75, 3.05) is 39.6 Å². The Bertz CT molecular complexity index is 277. The van der Waals surface area contributed by atoms with Gasteiger partial charge in [-0.25, -0.2) is 9.97 Å².